The van der Waals surface area contributed by atoms with Crippen LogP contribution in [-0.4, -0.2) is 32.2 Å². The molecule has 0 amide bonds. The first-order valence-electron chi connectivity index (χ1n) is 6.12. The van der Waals surface area contributed by atoms with Gasteiger partial charge in [-0.05, 0) is 31.8 Å². The van der Waals surface area contributed by atoms with E-state index in [2.05, 4.69) is 5.32 Å². The third kappa shape index (κ3) is 2.91. The number of nitrogens with one attached hydrogen (secondary N) is 1. The minimum absolute atomic E-state index is 0. The van der Waals surface area contributed by atoms with Crippen molar-refractivity contribution in [1.29, 1.82) is 0 Å². The van der Waals surface area contributed by atoms with Crippen LogP contribution in [-0.2, 0) is 4.74 Å². The molecule has 1 saturated heterocycles. The fraction of sp³-hybridized carbons (Fsp3) is 1.00. The maximum Gasteiger partial charge on any atom is 0.259 e. The highest BCUT2D eigenvalue weighted by molar-refractivity contribution is 5.85. The van der Waals surface area contributed by atoms with Gasteiger partial charge in [0.25, 0.3) is 5.92 Å². The molecule has 0 aromatic heterocycles. The summed E-state index contributed by atoms with van der Waals surface area (Å²) in [5.41, 5.74) is -0.860. The first-order chi connectivity index (χ1) is 7.46. The van der Waals surface area contributed by atoms with Crippen molar-refractivity contribution in [3.63, 3.8) is 0 Å². The molecule has 1 N–H and O–H groups in total. The molecule has 1 aliphatic carbocycles. The summed E-state index contributed by atoms with van der Waals surface area (Å²) in [7, 11) is 0. The van der Waals surface area contributed by atoms with E-state index in [1.807, 2.05) is 0 Å². The summed E-state index contributed by atoms with van der Waals surface area (Å²) < 4.78 is 32.0. The van der Waals surface area contributed by atoms with E-state index in [9.17, 15) is 8.78 Å². The van der Waals surface area contributed by atoms with Crippen molar-refractivity contribution in [2.75, 3.05) is 26.3 Å². The standard InChI is InChI=1S/C12H21F2NO.ClH/c1-11(2)10(12(11,13)14)8-16-7-9-3-5-15-6-4-9;/h9-10,15H,3-8H2,1-2H3;1H. The molecule has 0 aromatic carbocycles. The number of hydrogen-bond acceptors (Lipinski definition) is 2. The monoisotopic (exact) mass is 269 g/mol. The van der Waals surface area contributed by atoms with Crippen LogP contribution in [0.15, 0.2) is 0 Å². The van der Waals surface area contributed by atoms with E-state index in [1.165, 1.54) is 0 Å². The number of halogens is 3. The molecule has 0 aromatic rings. The first-order valence-corrected chi connectivity index (χ1v) is 6.12. The third-order valence-corrected chi connectivity index (χ3v) is 4.18. The van der Waals surface area contributed by atoms with E-state index in [0.717, 1.165) is 25.9 Å². The van der Waals surface area contributed by atoms with E-state index < -0.39 is 17.3 Å². The number of hydrogen-bond donors (Lipinski definition) is 1. The smallest absolute Gasteiger partial charge is 0.259 e. The lowest BCUT2D eigenvalue weighted by molar-refractivity contribution is 0.0336. The van der Waals surface area contributed by atoms with Crippen molar-refractivity contribution in [2.24, 2.45) is 17.3 Å². The Morgan fingerprint density at radius 1 is 1.18 bits per heavy atom. The van der Waals surface area contributed by atoms with Gasteiger partial charge in [0, 0.05) is 12.0 Å². The van der Waals surface area contributed by atoms with Crippen molar-refractivity contribution < 1.29 is 13.5 Å². The van der Waals surface area contributed by atoms with Crippen molar-refractivity contribution in [2.45, 2.75) is 32.6 Å². The van der Waals surface area contributed by atoms with Gasteiger partial charge < -0.3 is 10.1 Å². The Morgan fingerprint density at radius 3 is 2.18 bits per heavy atom. The van der Waals surface area contributed by atoms with Gasteiger partial charge in [-0.1, -0.05) is 13.8 Å². The predicted molar refractivity (Wildman–Crippen MR) is 65.9 cm³/mol. The van der Waals surface area contributed by atoms with E-state index in [0.29, 0.717) is 12.5 Å². The maximum atomic E-state index is 13.2. The van der Waals surface area contributed by atoms with Gasteiger partial charge in [-0.2, -0.15) is 0 Å². The Morgan fingerprint density at radius 2 is 1.71 bits per heavy atom. The molecule has 2 aliphatic rings. The molecule has 1 aliphatic heterocycles. The fourth-order valence-corrected chi connectivity index (χ4v) is 2.47. The number of rotatable bonds is 4. The minimum Gasteiger partial charge on any atom is -0.381 e. The van der Waals surface area contributed by atoms with Crippen molar-refractivity contribution in [3.05, 3.63) is 0 Å². The van der Waals surface area contributed by atoms with Gasteiger partial charge >= 0.3 is 0 Å². The molecule has 17 heavy (non-hydrogen) atoms. The molecule has 0 radical (unpaired) electrons. The molecule has 0 bridgehead atoms. The van der Waals surface area contributed by atoms with Crippen molar-refractivity contribution >= 4 is 12.4 Å². The lowest BCUT2D eigenvalue weighted by Crippen LogP contribution is -2.30. The molecular weight excluding hydrogens is 248 g/mol. The molecule has 0 spiro atoms. The Bertz CT molecular complexity index is 241. The van der Waals surface area contributed by atoms with Crippen LogP contribution >= 0.6 is 12.4 Å². The quantitative estimate of drug-likeness (QED) is 0.847. The molecule has 1 atom stereocenters. The summed E-state index contributed by atoms with van der Waals surface area (Å²) in [6.07, 6.45) is 2.20. The van der Waals surface area contributed by atoms with E-state index in [-0.39, 0.29) is 19.0 Å². The highest BCUT2D eigenvalue weighted by Crippen LogP contribution is 2.65. The average molecular weight is 270 g/mol. The Balaban J connectivity index is 0.00000144. The summed E-state index contributed by atoms with van der Waals surface area (Å²) in [6.45, 7) is 6.14. The highest BCUT2D eigenvalue weighted by atomic mass is 35.5. The Hall–Kier alpha value is 0.0700. The normalized spacial score (nSPS) is 30.7. The third-order valence-electron chi connectivity index (χ3n) is 4.18. The van der Waals surface area contributed by atoms with E-state index in [1.54, 1.807) is 13.8 Å². The second-order valence-electron chi connectivity index (χ2n) is 5.63. The number of alkyl halides is 2. The van der Waals surface area contributed by atoms with E-state index in [4.69, 9.17) is 4.74 Å². The van der Waals surface area contributed by atoms with Gasteiger partial charge in [0.15, 0.2) is 0 Å². The number of ether oxygens (including phenoxy) is 1. The topological polar surface area (TPSA) is 21.3 Å². The van der Waals surface area contributed by atoms with Gasteiger partial charge in [-0.25, -0.2) is 8.78 Å². The Kier molecular flexibility index (Phi) is 4.78. The molecule has 2 nitrogen and oxygen atoms in total. The van der Waals surface area contributed by atoms with Crippen LogP contribution in [0.25, 0.3) is 0 Å². The summed E-state index contributed by atoms with van der Waals surface area (Å²) in [5, 5.41) is 3.28. The van der Waals surface area contributed by atoms with Crippen molar-refractivity contribution in [3.8, 4) is 0 Å². The zero-order chi connectivity index (χ0) is 11.8. The second-order valence-corrected chi connectivity index (χ2v) is 5.63. The van der Waals surface area contributed by atoms with Crippen molar-refractivity contribution in [1.82, 2.24) is 5.32 Å². The zero-order valence-corrected chi connectivity index (χ0v) is 11.3. The van der Waals surface area contributed by atoms with Crippen LogP contribution < -0.4 is 5.32 Å². The summed E-state index contributed by atoms with van der Waals surface area (Å²) >= 11 is 0. The molecule has 1 unspecified atom stereocenters. The SMILES string of the molecule is CC1(C)C(COCC2CCNCC2)C1(F)F.Cl. The highest BCUT2D eigenvalue weighted by Gasteiger charge is 2.74. The van der Waals surface area contributed by atoms with E-state index >= 15 is 0 Å². The average Bonchev–Trinajstić information content (AvgIpc) is 2.62. The second kappa shape index (κ2) is 5.37. The molecule has 2 fully saturated rings. The van der Waals surface area contributed by atoms with Crippen LogP contribution in [0.1, 0.15) is 26.7 Å². The summed E-state index contributed by atoms with van der Waals surface area (Å²) in [5.74, 6) is -2.56. The number of piperidine rings is 1. The molecule has 1 saturated carbocycles. The summed E-state index contributed by atoms with van der Waals surface area (Å²) in [4.78, 5) is 0. The van der Waals surface area contributed by atoms with Crippen LogP contribution in [0.3, 0.4) is 0 Å². The van der Waals surface area contributed by atoms with Gasteiger partial charge in [0.2, 0.25) is 0 Å². The lowest BCUT2D eigenvalue weighted by atomic mass is 9.99. The molecule has 5 heteroatoms. The maximum absolute atomic E-state index is 13.2. The lowest BCUT2D eigenvalue weighted by Gasteiger charge is -2.22. The van der Waals surface area contributed by atoms with Gasteiger partial charge in [-0.15, -0.1) is 12.4 Å². The largest absolute Gasteiger partial charge is 0.381 e. The molecule has 2 rings (SSSR count). The summed E-state index contributed by atoms with van der Waals surface area (Å²) in [6, 6.07) is 0. The predicted octanol–water partition coefficient (Wildman–Crippen LogP) is 2.72. The van der Waals surface area contributed by atoms with Gasteiger partial charge in [0.05, 0.1) is 12.5 Å². The van der Waals surface area contributed by atoms with Crippen LogP contribution in [0.2, 0.25) is 0 Å². The molecular formula is C12H22ClF2NO. The minimum atomic E-state index is -2.53. The van der Waals surface area contributed by atoms with Gasteiger partial charge in [-0.3, -0.25) is 0 Å². The molecule has 1 heterocycles. The zero-order valence-electron chi connectivity index (χ0n) is 10.5. The van der Waals surface area contributed by atoms with Crippen LogP contribution in [0, 0.1) is 17.3 Å². The first kappa shape index (κ1) is 15.1. The van der Waals surface area contributed by atoms with Gasteiger partial charge in [0.1, 0.15) is 0 Å². The Labute approximate surface area is 108 Å². The molecule has 102 valence electrons. The fourth-order valence-electron chi connectivity index (χ4n) is 2.47. The van der Waals surface area contributed by atoms with Crippen LogP contribution in [0.5, 0.6) is 0 Å². The van der Waals surface area contributed by atoms with Crippen LogP contribution in [0.4, 0.5) is 8.78 Å².